The third kappa shape index (κ3) is 6.58. The van der Waals surface area contributed by atoms with Crippen molar-refractivity contribution in [3.05, 3.63) is 78.9 Å². The zero-order valence-electron chi connectivity index (χ0n) is 24.8. The average molecular weight is 592 g/mol. The topological polar surface area (TPSA) is 111 Å². The van der Waals surface area contributed by atoms with Gasteiger partial charge in [-0.15, -0.1) is 0 Å². The largest absolute Gasteiger partial charge is 0.371 e. The second kappa shape index (κ2) is 12.5. The Hall–Kier alpha value is -4.74. The first kappa shape index (κ1) is 28.1. The van der Waals surface area contributed by atoms with Crippen molar-refractivity contribution in [1.29, 1.82) is 0 Å². The fraction of sp³-hybridized carbons (Fsp3) is 0.333. The number of piperazine rings is 1. The number of morpholine rings is 1. The van der Waals surface area contributed by atoms with Crippen LogP contribution in [0.3, 0.4) is 0 Å². The van der Waals surface area contributed by atoms with Gasteiger partial charge in [0, 0.05) is 67.6 Å². The highest BCUT2D eigenvalue weighted by molar-refractivity contribution is 5.99. The fourth-order valence-corrected chi connectivity index (χ4v) is 5.94. The fourth-order valence-electron chi connectivity index (χ4n) is 5.94. The number of likely N-dealkylation sites (N-methyl/N-ethyl adjacent to an activating group) is 1. The normalized spacial score (nSPS) is 19.9. The van der Waals surface area contributed by atoms with Gasteiger partial charge in [0.1, 0.15) is 0 Å². The summed E-state index contributed by atoms with van der Waals surface area (Å²) >= 11 is 0. The number of carbonyl (C=O) groups excluding carboxylic acids is 1. The maximum atomic E-state index is 12.5. The molecule has 2 atom stereocenters. The van der Waals surface area contributed by atoms with Crippen LogP contribution in [0.1, 0.15) is 12.8 Å². The number of nitrogens with one attached hydrogen (secondary N) is 3. The SMILES string of the molecule is CN1CCN(c2ccc(Nc3nc(-c4ccc(NC(=O)Nc5ccccc5)cc4)nc(N4CC5CCC(C4)O5)n3)cc2)CC1. The van der Waals surface area contributed by atoms with Crippen LogP contribution in [0.4, 0.5) is 39.4 Å². The third-order valence-corrected chi connectivity index (χ3v) is 8.37. The van der Waals surface area contributed by atoms with Gasteiger partial charge >= 0.3 is 6.03 Å². The molecule has 2 amide bonds. The van der Waals surface area contributed by atoms with Gasteiger partial charge < -0.3 is 35.4 Å². The molecule has 3 aromatic carbocycles. The average Bonchev–Trinajstić information content (AvgIpc) is 3.39. The Morgan fingerprint density at radius 1 is 0.727 bits per heavy atom. The Labute approximate surface area is 257 Å². The van der Waals surface area contributed by atoms with Crippen molar-refractivity contribution < 1.29 is 9.53 Å². The molecule has 11 heteroatoms. The molecule has 4 heterocycles. The van der Waals surface area contributed by atoms with E-state index in [1.54, 1.807) is 0 Å². The Morgan fingerprint density at radius 2 is 1.36 bits per heavy atom. The van der Waals surface area contributed by atoms with Crippen molar-refractivity contribution in [2.75, 3.05) is 72.1 Å². The van der Waals surface area contributed by atoms with Crippen molar-refractivity contribution in [3.8, 4) is 11.4 Å². The molecule has 0 aliphatic carbocycles. The van der Waals surface area contributed by atoms with Crippen LogP contribution in [0.5, 0.6) is 0 Å². The molecule has 0 saturated carbocycles. The van der Waals surface area contributed by atoms with Crippen LogP contribution in [-0.2, 0) is 4.74 Å². The molecule has 3 N–H and O–H groups in total. The Kier molecular flexibility index (Phi) is 7.95. The van der Waals surface area contributed by atoms with Crippen LogP contribution < -0.4 is 25.8 Å². The van der Waals surface area contributed by atoms with Gasteiger partial charge in [0.25, 0.3) is 0 Å². The number of anilines is 6. The smallest absolute Gasteiger partial charge is 0.323 e. The number of urea groups is 1. The molecule has 11 nitrogen and oxygen atoms in total. The quantitative estimate of drug-likeness (QED) is 0.272. The van der Waals surface area contributed by atoms with Gasteiger partial charge in [0.05, 0.1) is 12.2 Å². The van der Waals surface area contributed by atoms with Crippen LogP contribution >= 0.6 is 0 Å². The van der Waals surface area contributed by atoms with Crippen LogP contribution in [-0.4, -0.2) is 84.4 Å². The molecule has 2 bridgehead atoms. The molecule has 226 valence electrons. The van der Waals surface area contributed by atoms with E-state index in [9.17, 15) is 4.79 Å². The van der Waals surface area contributed by atoms with Crippen LogP contribution in [0, 0.1) is 0 Å². The van der Waals surface area contributed by atoms with Crippen molar-refractivity contribution in [2.45, 2.75) is 25.0 Å². The molecule has 3 fully saturated rings. The predicted octanol–water partition coefficient (Wildman–Crippen LogP) is 5.05. The molecule has 3 aliphatic heterocycles. The summed E-state index contributed by atoms with van der Waals surface area (Å²) < 4.78 is 6.06. The summed E-state index contributed by atoms with van der Waals surface area (Å²) in [5.41, 5.74) is 4.35. The molecule has 7 rings (SSSR count). The van der Waals surface area contributed by atoms with Gasteiger partial charge in [-0.05, 0) is 80.6 Å². The van der Waals surface area contributed by atoms with Crippen LogP contribution in [0.15, 0.2) is 78.9 Å². The summed E-state index contributed by atoms with van der Waals surface area (Å²) in [5, 5.41) is 9.13. The van der Waals surface area contributed by atoms with Gasteiger partial charge in [0.2, 0.25) is 11.9 Å². The molecule has 1 aromatic heterocycles. The van der Waals surface area contributed by atoms with E-state index in [4.69, 9.17) is 19.7 Å². The first-order valence-corrected chi connectivity index (χ1v) is 15.2. The highest BCUT2D eigenvalue weighted by Gasteiger charge is 2.35. The van der Waals surface area contributed by atoms with Crippen molar-refractivity contribution in [1.82, 2.24) is 19.9 Å². The van der Waals surface area contributed by atoms with Crippen LogP contribution in [0.25, 0.3) is 11.4 Å². The van der Waals surface area contributed by atoms with Gasteiger partial charge in [-0.1, -0.05) is 18.2 Å². The minimum Gasteiger partial charge on any atom is -0.371 e. The highest BCUT2D eigenvalue weighted by atomic mass is 16.5. The molecule has 3 aliphatic rings. The lowest BCUT2D eigenvalue weighted by molar-refractivity contribution is 0.0299. The van der Waals surface area contributed by atoms with Crippen molar-refractivity contribution in [3.63, 3.8) is 0 Å². The number of ether oxygens (including phenoxy) is 1. The first-order valence-electron chi connectivity index (χ1n) is 15.2. The third-order valence-electron chi connectivity index (χ3n) is 8.37. The lowest BCUT2D eigenvalue weighted by atomic mass is 10.2. The highest BCUT2D eigenvalue weighted by Crippen LogP contribution is 2.30. The van der Waals surface area contributed by atoms with E-state index in [0.29, 0.717) is 23.4 Å². The van der Waals surface area contributed by atoms with Gasteiger partial charge in [0.15, 0.2) is 5.82 Å². The summed E-state index contributed by atoms with van der Waals surface area (Å²) in [7, 11) is 2.17. The Bertz CT molecular complexity index is 1560. The van der Waals surface area contributed by atoms with E-state index in [-0.39, 0.29) is 18.2 Å². The first-order chi connectivity index (χ1) is 21.5. The minimum atomic E-state index is -0.307. The monoisotopic (exact) mass is 591 g/mol. The predicted molar refractivity (Wildman–Crippen MR) is 174 cm³/mol. The Morgan fingerprint density at radius 3 is 2.05 bits per heavy atom. The number of para-hydroxylation sites is 1. The summed E-state index contributed by atoms with van der Waals surface area (Å²) in [6.07, 6.45) is 2.55. The van der Waals surface area contributed by atoms with E-state index in [0.717, 1.165) is 69.0 Å². The second-order valence-electron chi connectivity index (χ2n) is 11.6. The molecule has 0 radical (unpaired) electrons. The lowest BCUT2D eigenvalue weighted by Crippen LogP contribution is -2.44. The van der Waals surface area contributed by atoms with Gasteiger partial charge in [-0.3, -0.25) is 0 Å². The molecule has 44 heavy (non-hydrogen) atoms. The zero-order valence-corrected chi connectivity index (χ0v) is 24.8. The van der Waals surface area contributed by atoms with E-state index in [1.165, 1.54) is 5.69 Å². The van der Waals surface area contributed by atoms with E-state index >= 15 is 0 Å². The van der Waals surface area contributed by atoms with Crippen LogP contribution in [0.2, 0.25) is 0 Å². The second-order valence-corrected chi connectivity index (χ2v) is 11.6. The molecule has 2 unspecified atom stereocenters. The number of fused-ring (bicyclic) bond motifs is 2. The number of benzene rings is 3. The number of nitrogens with zero attached hydrogens (tertiary/aromatic N) is 6. The number of aromatic nitrogens is 3. The number of carbonyl (C=O) groups is 1. The standard InChI is InChI=1S/C33H37N9O2/c1-40-17-19-41(20-18-40)27-13-11-25(12-14-27)34-31-37-30(38-32(39-31)42-21-28-15-16-29(22-42)44-28)23-7-9-26(10-8-23)36-33(43)35-24-5-3-2-4-6-24/h2-14,28-29H,15-22H2,1H3,(H2,35,36,43)(H,34,37,38,39). The zero-order chi connectivity index (χ0) is 29.9. The summed E-state index contributed by atoms with van der Waals surface area (Å²) in [5.74, 6) is 1.68. The van der Waals surface area contributed by atoms with Crippen molar-refractivity contribution in [2.24, 2.45) is 0 Å². The lowest BCUT2D eigenvalue weighted by Gasteiger charge is -2.34. The van der Waals surface area contributed by atoms with E-state index < -0.39 is 0 Å². The molecular weight excluding hydrogens is 554 g/mol. The Balaban J connectivity index is 1.10. The van der Waals surface area contributed by atoms with E-state index in [1.807, 2.05) is 54.6 Å². The summed E-state index contributed by atoms with van der Waals surface area (Å²) in [6, 6.07) is 25.0. The van der Waals surface area contributed by atoms with Gasteiger partial charge in [-0.2, -0.15) is 15.0 Å². The number of rotatable bonds is 7. The minimum absolute atomic E-state index is 0.208. The number of amides is 2. The summed E-state index contributed by atoms with van der Waals surface area (Å²) in [4.78, 5) is 34.0. The number of hydrogen-bond donors (Lipinski definition) is 3. The van der Waals surface area contributed by atoms with Crippen molar-refractivity contribution >= 4 is 40.7 Å². The molecule has 4 aromatic rings. The number of hydrogen-bond acceptors (Lipinski definition) is 9. The molecular formula is C33H37N9O2. The summed E-state index contributed by atoms with van der Waals surface area (Å²) in [6.45, 7) is 5.71. The van der Waals surface area contributed by atoms with E-state index in [2.05, 4.69) is 62.0 Å². The maximum absolute atomic E-state index is 12.5. The molecule has 0 spiro atoms. The maximum Gasteiger partial charge on any atom is 0.323 e. The van der Waals surface area contributed by atoms with Gasteiger partial charge in [-0.25, -0.2) is 4.79 Å². The molecule has 3 saturated heterocycles.